The molecule has 0 aromatic carbocycles. The summed E-state index contributed by atoms with van der Waals surface area (Å²) >= 11 is 0. The summed E-state index contributed by atoms with van der Waals surface area (Å²) in [4.78, 5) is 2.30. The molecule has 1 saturated heterocycles. The van der Waals surface area contributed by atoms with E-state index in [-0.39, 0.29) is 6.61 Å². The van der Waals surface area contributed by atoms with Gasteiger partial charge < -0.3 is 15.5 Å². The molecule has 3 N–H and O–H groups in total. The highest BCUT2D eigenvalue weighted by Crippen LogP contribution is 1.98. The van der Waals surface area contributed by atoms with E-state index in [0.29, 0.717) is 6.04 Å². The lowest BCUT2D eigenvalue weighted by atomic mass is 10.2. The largest absolute Gasteiger partial charge is 0.400 e. The third kappa shape index (κ3) is 4.01. The molecule has 4 nitrogen and oxygen atoms in total. The number of aliphatic hydroxyl groups excluding tert-OH is 2. The molecule has 1 unspecified atom stereocenters. The molecule has 0 aromatic heterocycles. The molecule has 0 aromatic rings. The zero-order chi connectivity index (χ0) is 9.40. The van der Waals surface area contributed by atoms with Gasteiger partial charge in [-0.25, -0.2) is 0 Å². The molecule has 1 atom stereocenters. The smallest absolute Gasteiger partial charge is 0.0584 e. The van der Waals surface area contributed by atoms with E-state index in [1.807, 2.05) is 0 Å². The van der Waals surface area contributed by atoms with Crippen molar-refractivity contribution in [3.8, 4) is 0 Å². The van der Waals surface area contributed by atoms with Gasteiger partial charge >= 0.3 is 0 Å². The number of nitrogens with zero attached hydrogens (tertiary/aromatic N) is 1. The summed E-state index contributed by atoms with van der Waals surface area (Å²) < 4.78 is 0. The number of hydrogen-bond acceptors (Lipinski definition) is 4. The van der Waals surface area contributed by atoms with Gasteiger partial charge in [-0.3, -0.25) is 4.90 Å². The van der Waals surface area contributed by atoms with Crippen molar-refractivity contribution in [2.75, 3.05) is 39.9 Å². The van der Waals surface area contributed by atoms with Crippen molar-refractivity contribution >= 4 is 0 Å². The van der Waals surface area contributed by atoms with E-state index in [4.69, 9.17) is 10.2 Å². The van der Waals surface area contributed by atoms with Crippen LogP contribution in [0.25, 0.3) is 0 Å². The highest BCUT2D eigenvalue weighted by molar-refractivity contribution is 4.72. The predicted octanol–water partition coefficient (Wildman–Crippen LogP) is -1.12. The lowest BCUT2D eigenvalue weighted by molar-refractivity contribution is 0.122. The average Bonchev–Trinajstić information content (AvgIpc) is 2.21. The van der Waals surface area contributed by atoms with Crippen LogP contribution in [0.1, 0.15) is 6.92 Å². The van der Waals surface area contributed by atoms with Gasteiger partial charge in [0.25, 0.3) is 0 Å². The van der Waals surface area contributed by atoms with Crippen molar-refractivity contribution in [3.05, 3.63) is 0 Å². The Bertz CT molecular complexity index is 95.1. The second-order valence-corrected chi connectivity index (χ2v) is 2.82. The Labute approximate surface area is 74.2 Å². The molecule has 0 radical (unpaired) electrons. The molecule has 1 aliphatic heterocycles. The topological polar surface area (TPSA) is 55.7 Å². The van der Waals surface area contributed by atoms with Crippen LogP contribution < -0.4 is 5.32 Å². The highest BCUT2D eigenvalue weighted by Gasteiger charge is 2.14. The van der Waals surface area contributed by atoms with Crippen molar-refractivity contribution < 1.29 is 10.2 Å². The maximum Gasteiger partial charge on any atom is 0.0584 e. The maximum absolute atomic E-state index is 8.82. The Kier molecular flexibility index (Phi) is 7.39. The van der Waals surface area contributed by atoms with Crippen molar-refractivity contribution in [2.24, 2.45) is 0 Å². The lowest BCUT2D eigenvalue weighted by Gasteiger charge is -2.31. The van der Waals surface area contributed by atoms with Gasteiger partial charge in [0.15, 0.2) is 0 Å². The van der Waals surface area contributed by atoms with Crippen molar-refractivity contribution in [3.63, 3.8) is 0 Å². The molecule has 12 heavy (non-hydrogen) atoms. The zero-order valence-corrected chi connectivity index (χ0v) is 7.95. The summed E-state index contributed by atoms with van der Waals surface area (Å²) in [6.07, 6.45) is 0. The summed E-state index contributed by atoms with van der Waals surface area (Å²) in [6, 6.07) is 0.335. The zero-order valence-electron chi connectivity index (χ0n) is 7.95. The Morgan fingerprint density at radius 2 is 1.83 bits per heavy atom. The first-order chi connectivity index (χ1) is 5.84. The van der Waals surface area contributed by atoms with Crippen LogP contribution in [-0.2, 0) is 0 Å². The fourth-order valence-corrected chi connectivity index (χ4v) is 1.24. The second kappa shape index (κ2) is 7.49. The van der Waals surface area contributed by atoms with Crippen LogP contribution in [0.4, 0.5) is 0 Å². The molecule has 1 fully saturated rings. The van der Waals surface area contributed by atoms with Gasteiger partial charge in [-0.1, -0.05) is 0 Å². The monoisotopic (exact) mass is 176 g/mol. The minimum atomic E-state index is 0.278. The normalized spacial score (nSPS) is 21.0. The van der Waals surface area contributed by atoms with Gasteiger partial charge in [0.1, 0.15) is 0 Å². The number of piperazine rings is 1. The molecule has 4 heteroatoms. The number of nitrogens with one attached hydrogen (secondary N) is 1. The Morgan fingerprint density at radius 3 is 2.25 bits per heavy atom. The molecule has 0 bridgehead atoms. The van der Waals surface area contributed by atoms with Crippen molar-refractivity contribution in [1.82, 2.24) is 10.2 Å². The third-order valence-corrected chi connectivity index (χ3v) is 2.04. The van der Waals surface area contributed by atoms with Gasteiger partial charge in [-0.2, -0.15) is 0 Å². The van der Waals surface area contributed by atoms with E-state index in [9.17, 15) is 0 Å². The van der Waals surface area contributed by atoms with Crippen LogP contribution in [0, 0.1) is 0 Å². The molecule has 1 aliphatic rings. The minimum Gasteiger partial charge on any atom is -0.400 e. The van der Waals surface area contributed by atoms with Crippen LogP contribution in [0.15, 0.2) is 0 Å². The van der Waals surface area contributed by atoms with E-state index in [1.165, 1.54) is 0 Å². The maximum atomic E-state index is 8.82. The fourth-order valence-electron chi connectivity index (χ4n) is 1.24. The Hall–Kier alpha value is -0.160. The molecule has 0 aliphatic carbocycles. The van der Waals surface area contributed by atoms with Gasteiger partial charge in [0.05, 0.1) is 6.61 Å². The molecule has 74 valence electrons. The van der Waals surface area contributed by atoms with Gasteiger partial charge in [-0.15, -0.1) is 0 Å². The Morgan fingerprint density at radius 1 is 1.33 bits per heavy atom. The van der Waals surface area contributed by atoms with Crippen molar-refractivity contribution in [2.45, 2.75) is 13.0 Å². The molecular weight excluding hydrogens is 156 g/mol. The van der Waals surface area contributed by atoms with Crippen molar-refractivity contribution in [1.29, 1.82) is 0 Å². The molecule has 1 heterocycles. The fraction of sp³-hybridized carbons (Fsp3) is 1.00. The first-order valence-corrected chi connectivity index (χ1v) is 4.35. The van der Waals surface area contributed by atoms with Crippen LogP contribution >= 0.6 is 0 Å². The number of aliphatic hydroxyl groups is 2. The van der Waals surface area contributed by atoms with E-state index in [0.717, 1.165) is 33.3 Å². The molecule has 0 amide bonds. The van der Waals surface area contributed by atoms with E-state index >= 15 is 0 Å². The van der Waals surface area contributed by atoms with Gasteiger partial charge in [0.2, 0.25) is 0 Å². The molecule has 0 spiro atoms. The quantitative estimate of drug-likeness (QED) is 0.499. The van der Waals surface area contributed by atoms with E-state index in [2.05, 4.69) is 17.1 Å². The van der Waals surface area contributed by atoms with Gasteiger partial charge in [-0.05, 0) is 6.92 Å². The summed E-state index contributed by atoms with van der Waals surface area (Å²) in [7, 11) is 1.00. The van der Waals surface area contributed by atoms with E-state index < -0.39 is 0 Å². The van der Waals surface area contributed by atoms with Crippen LogP contribution in [0.3, 0.4) is 0 Å². The first kappa shape index (κ1) is 11.8. The second-order valence-electron chi connectivity index (χ2n) is 2.82. The summed E-state index contributed by atoms with van der Waals surface area (Å²) in [5.41, 5.74) is 0. The first-order valence-electron chi connectivity index (χ1n) is 4.35. The van der Waals surface area contributed by atoms with Crippen LogP contribution in [-0.4, -0.2) is 61.1 Å². The summed E-state index contributed by atoms with van der Waals surface area (Å²) in [6.45, 7) is 6.60. The van der Waals surface area contributed by atoms with Gasteiger partial charge in [0, 0.05) is 39.3 Å². The standard InChI is InChI=1S/C7H16N2O.CH4O/c1-7(6-10)9-4-2-8-3-5-9;1-2/h7-8,10H,2-6H2,1H3;2H,1H3. The molecule has 1 rings (SSSR count). The minimum absolute atomic E-state index is 0.278. The predicted molar refractivity (Wildman–Crippen MR) is 49.1 cm³/mol. The van der Waals surface area contributed by atoms with Crippen LogP contribution in [0.5, 0.6) is 0 Å². The SMILES string of the molecule is CC(CO)N1CCNCC1.CO. The molecular formula is C8H20N2O2. The number of rotatable bonds is 2. The number of hydrogen-bond donors (Lipinski definition) is 3. The van der Waals surface area contributed by atoms with Crippen LogP contribution in [0.2, 0.25) is 0 Å². The third-order valence-electron chi connectivity index (χ3n) is 2.04. The van der Waals surface area contributed by atoms with E-state index in [1.54, 1.807) is 0 Å². The Balaban J connectivity index is 0.000000561. The highest BCUT2D eigenvalue weighted by atomic mass is 16.3. The average molecular weight is 176 g/mol. The summed E-state index contributed by atoms with van der Waals surface area (Å²) in [5, 5.41) is 19.1. The summed E-state index contributed by atoms with van der Waals surface area (Å²) in [5.74, 6) is 0. The lowest BCUT2D eigenvalue weighted by Crippen LogP contribution is -2.48. The molecule has 0 saturated carbocycles.